The van der Waals surface area contributed by atoms with E-state index in [0.717, 1.165) is 23.2 Å². The third-order valence-corrected chi connectivity index (χ3v) is 5.48. The van der Waals surface area contributed by atoms with Crippen LogP contribution in [0.1, 0.15) is 43.7 Å². The number of nitrogens with one attached hydrogen (secondary N) is 1. The minimum Gasteiger partial charge on any atom is -0.495 e. The van der Waals surface area contributed by atoms with Crippen molar-refractivity contribution in [2.24, 2.45) is 5.92 Å². The van der Waals surface area contributed by atoms with Crippen molar-refractivity contribution in [3.8, 4) is 5.75 Å². The molecule has 0 saturated carbocycles. The number of nitrogens with zero attached hydrogens (tertiary/aromatic N) is 1. The number of carbonyl (C=O) groups is 2. The zero-order valence-electron chi connectivity index (χ0n) is 17.0. The van der Waals surface area contributed by atoms with Gasteiger partial charge in [0.2, 0.25) is 11.8 Å². The molecular formula is C23H28N2O3. The first-order valence-electron chi connectivity index (χ1n) is 9.79. The molecule has 1 saturated heterocycles. The molecule has 2 aromatic carbocycles. The van der Waals surface area contributed by atoms with Gasteiger partial charge in [-0.1, -0.05) is 38.1 Å². The lowest BCUT2D eigenvalue weighted by Crippen LogP contribution is -2.29. The first kappa shape index (κ1) is 19.9. The number of carbonyl (C=O) groups excluding carboxylic acids is 2. The molecule has 5 nitrogen and oxygen atoms in total. The Hall–Kier alpha value is -2.82. The molecule has 0 unspecified atom stereocenters. The third kappa shape index (κ3) is 4.03. The van der Waals surface area contributed by atoms with Crippen molar-refractivity contribution in [1.29, 1.82) is 0 Å². The molecule has 1 aliphatic heterocycles. The average molecular weight is 380 g/mol. The first-order chi connectivity index (χ1) is 13.4. The van der Waals surface area contributed by atoms with Crippen molar-refractivity contribution < 1.29 is 14.3 Å². The summed E-state index contributed by atoms with van der Waals surface area (Å²) in [7, 11) is 1.58. The number of para-hydroxylation sites is 1. The second-order valence-electron chi connectivity index (χ2n) is 7.47. The number of anilines is 2. The van der Waals surface area contributed by atoms with E-state index in [0.29, 0.717) is 23.9 Å². The van der Waals surface area contributed by atoms with Gasteiger partial charge < -0.3 is 15.0 Å². The van der Waals surface area contributed by atoms with Crippen molar-refractivity contribution in [2.45, 2.75) is 39.5 Å². The van der Waals surface area contributed by atoms with E-state index in [1.54, 1.807) is 12.0 Å². The summed E-state index contributed by atoms with van der Waals surface area (Å²) in [6.45, 7) is 6.65. The number of aryl methyl sites for hydroxylation is 1. The van der Waals surface area contributed by atoms with E-state index in [-0.39, 0.29) is 24.2 Å². The number of methoxy groups -OCH3 is 1. The van der Waals surface area contributed by atoms with Gasteiger partial charge in [-0.05, 0) is 48.6 Å². The molecule has 0 spiro atoms. The van der Waals surface area contributed by atoms with E-state index in [2.05, 4.69) is 25.2 Å². The van der Waals surface area contributed by atoms with Gasteiger partial charge in [-0.2, -0.15) is 0 Å². The SMILES string of the molecule is CC[C@@H](C)c1ccccc1N1C[C@H](C(=O)Nc2cc(C)ccc2OC)CC1=O. The molecule has 1 aliphatic rings. The summed E-state index contributed by atoms with van der Waals surface area (Å²) in [5.74, 6) is 0.422. The molecule has 28 heavy (non-hydrogen) atoms. The van der Waals surface area contributed by atoms with Crippen LogP contribution in [0.5, 0.6) is 5.75 Å². The average Bonchev–Trinajstić information content (AvgIpc) is 3.09. The topological polar surface area (TPSA) is 58.6 Å². The zero-order valence-corrected chi connectivity index (χ0v) is 17.0. The second kappa shape index (κ2) is 8.46. The van der Waals surface area contributed by atoms with Crippen LogP contribution in [-0.4, -0.2) is 25.5 Å². The van der Waals surface area contributed by atoms with Crippen LogP contribution in [-0.2, 0) is 9.59 Å². The highest BCUT2D eigenvalue weighted by atomic mass is 16.5. The van der Waals surface area contributed by atoms with Gasteiger partial charge in [0.15, 0.2) is 0 Å². The van der Waals surface area contributed by atoms with Gasteiger partial charge >= 0.3 is 0 Å². The molecule has 2 aromatic rings. The van der Waals surface area contributed by atoms with Crippen LogP contribution >= 0.6 is 0 Å². The van der Waals surface area contributed by atoms with Gasteiger partial charge in [-0.25, -0.2) is 0 Å². The fourth-order valence-corrected chi connectivity index (χ4v) is 3.64. The largest absolute Gasteiger partial charge is 0.495 e. The number of rotatable bonds is 6. The molecule has 1 fully saturated rings. The summed E-state index contributed by atoms with van der Waals surface area (Å²) >= 11 is 0. The normalized spacial score (nSPS) is 17.5. The maximum Gasteiger partial charge on any atom is 0.229 e. The molecule has 0 aromatic heterocycles. The Morgan fingerprint density at radius 2 is 2.04 bits per heavy atom. The molecule has 2 amide bonds. The molecule has 0 aliphatic carbocycles. The Morgan fingerprint density at radius 1 is 1.29 bits per heavy atom. The van der Waals surface area contributed by atoms with E-state index < -0.39 is 0 Å². The third-order valence-electron chi connectivity index (χ3n) is 5.48. The summed E-state index contributed by atoms with van der Waals surface area (Å²) in [6, 6.07) is 13.6. The monoisotopic (exact) mass is 380 g/mol. The maximum absolute atomic E-state index is 12.8. The van der Waals surface area contributed by atoms with Crippen LogP contribution in [0.2, 0.25) is 0 Å². The molecule has 0 radical (unpaired) electrons. The highest BCUT2D eigenvalue weighted by Gasteiger charge is 2.36. The molecule has 1 N–H and O–H groups in total. The van der Waals surface area contributed by atoms with Crippen LogP contribution < -0.4 is 15.0 Å². The van der Waals surface area contributed by atoms with Crippen LogP contribution in [0.4, 0.5) is 11.4 Å². The van der Waals surface area contributed by atoms with Gasteiger partial charge in [0, 0.05) is 18.7 Å². The lowest BCUT2D eigenvalue weighted by molar-refractivity contribution is -0.122. The Kier molecular flexibility index (Phi) is 6.02. The van der Waals surface area contributed by atoms with Crippen LogP contribution in [0.25, 0.3) is 0 Å². The fourth-order valence-electron chi connectivity index (χ4n) is 3.64. The minimum atomic E-state index is -0.386. The standard InChI is InChI=1S/C23H28N2O3/c1-5-16(3)18-8-6-7-9-20(18)25-14-17(13-22(25)26)23(27)24-19-12-15(2)10-11-21(19)28-4/h6-12,16-17H,5,13-14H2,1-4H3,(H,24,27)/t16-,17-/m1/s1. The van der Waals surface area contributed by atoms with E-state index in [1.807, 2.05) is 43.3 Å². The maximum atomic E-state index is 12.8. The van der Waals surface area contributed by atoms with Crippen LogP contribution in [0.3, 0.4) is 0 Å². The van der Waals surface area contributed by atoms with E-state index in [9.17, 15) is 9.59 Å². The van der Waals surface area contributed by atoms with E-state index in [1.165, 1.54) is 0 Å². The molecule has 148 valence electrons. The fraction of sp³-hybridized carbons (Fsp3) is 0.391. The van der Waals surface area contributed by atoms with Gasteiger partial charge in [0.25, 0.3) is 0 Å². The smallest absolute Gasteiger partial charge is 0.229 e. The summed E-state index contributed by atoms with van der Waals surface area (Å²) in [6.07, 6.45) is 1.21. The lowest BCUT2D eigenvalue weighted by atomic mass is 9.96. The predicted octanol–water partition coefficient (Wildman–Crippen LogP) is 4.51. The van der Waals surface area contributed by atoms with Crippen molar-refractivity contribution in [3.05, 3.63) is 53.6 Å². The molecule has 2 atom stereocenters. The van der Waals surface area contributed by atoms with Crippen molar-refractivity contribution in [1.82, 2.24) is 0 Å². The van der Waals surface area contributed by atoms with Gasteiger partial charge in [-0.3, -0.25) is 9.59 Å². The molecule has 0 bridgehead atoms. The Labute approximate surface area is 166 Å². The van der Waals surface area contributed by atoms with Gasteiger partial charge in [0.05, 0.1) is 18.7 Å². The number of benzene rings is 2. The zero-order chi connectivity index (χ0) is 20.3. The van der Waals surface area contributed by atoms with Crippen LogP contribution in [0, 0.1) is 12.8 Å². The number of ether oxygens (including phenoxy) is 1. The van der Waals surface area contributed by atoms with E-state index in [4.69, 9.17) is 4.74 Å². The predicted molar refractivity (Wildman–Crippen MR) is 112 cm³/mol. The highest BCUT2D eigenvalue weighted by molar-refractivity contribution is 6.04. The first-order valence-corrected chi connectivity index (χ1v) is 9.79. The Bertz CT molecular complexity index is 878. The quantitative estimate of drug-likeness (QED) is 0.802. The number of hydrogen-bond acceptors (Lipinski definition) is 3. The molecule has 1 heterocycles. The van der Waals surface area contributed by atoms with Crippen molar-refractivity contribution >= 4 is 23.2 Å². The Morgan fingerprint density at radius 3 is 2.75 bits per heavy atom. The van der Waals surface area contributed by atoms with Crippen molar-refractivity contribution in [2.75, 3.05) is 23.9 Å². The van der Waals surface area contributed by atoms with E-state index >= 15 is 0 Å². The van der Waals surface area contributed by atoms with Crippen LogP contribution in [0.15, 0.2) is 42.5 Å². The second-order valence-corrected chi connectivity index (χ2v) is 7.47. The lowest BCUT2D eigenvalue weighted by Gasteiger charge is -2.23. The summed E-state index contributed by atoms with van der Waals surface area (Å²) in [5, 5.41) is 2.94. The highest BCUT2D eigenvalue weighted by Crippen LogP contribution is 2.34. The number of amides is 2. The molecular weight excluding hydrogens is 352 g/mol. The minimum absolute atomic E-state index is 0.00731. The molecule has 3 rings (SSSR count). The van der Waals surface area contributed by atoms with Gasteiger partial charge in [-0.15, -0.1) is 0 Å². The summed E-state index contributed by atoms with van der Waals surface area (Å²) in [4.78, 5) is 27.3. The molecule has 5 heteroatoms. The summed E-state index contributed by atoms with van der Waals surface area (Å²) in [5.41, 5.74) is 3.74. The summed E-state index contributed by atoms with van der Waals surface area (Å²) < 4.78 is 5.34. The number of hydrogen-bond donors (Lipinski definition) is 1. The van der Waals surface area contributed by atoms with Gasteiger partial charge in [0.1, 0.15) is 5.75 Å². The Balaban J connectivity index is 1.78. The van der Waals surface area contributed by atoms with Crippen molar-refractivity contribution in [3.63, 3.8) is 0 Å².